The molecule has 1 rings (SSSR count). The van der Waals surface area contributed by atoms with Crippen molar-refractivity contribution in [1.82, 2.24) is 4.90 Å². The summed E-state index contributed by atoms with van der Waals surface area (Å²) in [5.41, 5.74) is 5.40. The summed E-state index contributed by atoms with van der Waals surface area (Å²) in [4.78, 5) is 13.9. The lowest BCUT2D eigenvalue weighted by molar-refractivity contribution is 0.0669. The average molecular weight is 270 g/mol. The normalized spacial score (nSPS) is 10.8. The van der Waals surface area contributed by atoms with Crippen molar-refractivity contribution >= 4 is 5.91 Å². The first kappa shape index (κ1) is 15.6. The Kier molecular flexibility index (Phi) is 5.89. The van der Waals surface area contributed by atoms with E-state index in [-0.39, 0.29) is 11.6 Å². The molecule has 0 radical (unpaired) electrons. The molecule has 0 aromatic heterocycles. The zero-order valence-electron chi connectivity index (χ0n) is 11.3. The largest absolute Gasteiger partial charge is 0.334 e. The van der Waals surface area contributed by atoms with Gasteiger partial charge in [-0.3, -0.25) is 4.79 Å². The van der Waals surface area contributed by atoms with E-state index in [0.29, 0.717) is 13.1 Å². The third-order valence-electron chi connectivity index (χ3n) is 3.18. The van der Waals surface area contributed by atoms with Crippen LogP contribution in [0.3, 0.4) is 0 Å². The van der Waals surface area contributed by atoms with E-state index in [2.05, 4.69) is 0 Å². The third-order valence-corrected chi connectivity index (χ3v) is 3.18. The van der Waals surface area contributed by atoms with E-state index in [4.69, 9.17) is 5.73 Å². The maximum Gasteiger partial charge on any atom is 0.257 e. The molecule has 0 spiro atoms. The van der Waals surface area contributed by atoms with Gasteiger partial charge in [0.25, 0.3) is 5.91 Å². The lowest BCUT2D eigenvalue weighted by Gasteiger charge is -2.30. The van der Waals surface area contributed by atoms with Crippen LogP contribution in [-0.4, -0.2) is 29.9 Å². The first-order valence-electron chi connectivity index (χ1n) is 6.51. The lowest BCUT2D eigenvalue weighted by atomic mass is 10.1. The van der Waals surface area contributed by atoms with E-state index in [1.54, 1.807) is 4.90 Å². The maximum atomic E-state index is 13.7. The molecule has 106 valence electrons. The molecule has 0 aliphatic carbocycles. The fourth-order valence-corrected chi connectivity index (χ4v) is 2.14. The fraction of sp³-hybridized carbons (Fsp3) is 0.500. The second-order valence-corrected chi connectivity index (χ2v) is 4.38. The number of amides is 1. The molecule has 2 N–H and O–H groups in total. The number of halogens is 2. The molecule has 0 bridgehead atoms. The Bertz CT molecular complexity index is 433. The van der Waals surface area contributed by atoms with Gasteiger partial charge in [0.1, 0.15) is 11.6 Å². The summed E-state index contributed by atoms with van der Waals surface area (Å²) in [6.07, 6.45) is 1.54. The van der Waals surface area contributed by atoms with Crippen molar-refractivity contribution in [3.8, 4) is 0 Å². The number of nitrogens with zero attached hydrogens (tertiary/aromatic N) is 1. The minimum atomic E-state index is -0.835. The van der Waals surface area contributed by atoms with E-state index in [0.717, 1.165) is 25.0 Å². The van der Waals surface area contributed by atoms with Crippen molar-refractivity contribution in [2.45, 2.75) is 32.7 Å². The van der Waals surface area contributed by atoms with E-state index in [1.165, 1.54) is 6.07 Å². The molecule has 1 amide bonds. The minimum absolute atomic E-state index is 0.0144. The molecule has 0 saturated carbocycles. The molecule has 0 fully saturated rings. The average Bonchev–Trinajstić information content (AvgIpc) is 2.38. The summed E-state index contributed by atoms with van der Waals surface area (Å²) in [5.74, 6) is -1.96. The van der Waals surface area contributed by atoms with E-state index < -0.39 is 17.5 Å². The minimum Gasteiger partial charge on any atom is -0.334 e. The predicted octanol–water partition coefficient (Wildman–Crippen LogP) is 2.55. The molecule has 1 aromatic carbocycles. The summed E-state index contributed by atoms with van der Waals surface area (Å²) in [5, 5.41) is 0. The zero-order chi connectivity index (χ0) is 14.4. The molecule has 19 heavy (non-hydrogen) atoms. The molecule has 0 saturated heterocycles. The molecule has 0 unspecified atom stereocenters. The Morgan fingerprint density at radius 2 is 1.95 bits per heavy atom. The van der Waals surface area contributed by atoms with Gasteiger partial charge in [0.05, 0.1) is 5.56 Å². The number of carbonyl (C=O) groups is 1. The van der Waals surface area contributed by atoms with Gasteiger partial charge in [0, 0.05) is 25.2 Å². The van der Waals surface area contributed by atoms with Gasteiger partial charge in [0.15, 0.2) is 0 Å². The van der Waals surface area contributed by atoms with Gasteiger partial charge in [-0.1, -0.05) is 13.8 Å². The van der Waals surface area contributed by atoms with Crippen LogP contribution < -0.4 is 5.73 Å². The van der Waals surface area contributed by atoms with Crippen molar-refractivity contribution in [3.63, 3.8) is 0 Å². The van der Waals surface area contributed by atoms with Gasteiger partial charge in [-0.15, -0.1) is 0 Å². The number of hydrogen-bond donors (Lipinski definition) is 1. The summed E-state index contributed by atoms with van der Waals surface area (Å²) in [7, 11) is 0. The monoisotopic (exact) mass is 270 g/mol. The van der Waals surface area contributed by atoms with Crippen LogP contribution in [0.5, 0.6) is 0 Å². The van der Waals surface area contributed by atoms with Crippen LogP contribution in [0, 0.1) is 11.6 Å². The summed E-state index contributed by atoms with van der Waals surface area (Å²) in [6, 6.07) is 3.00. The van der Waals surface area contributed by atoms with Crippen molar-refractivity contribution < 1.29 is 13.6 Å². The molecular weight excluding hydrogens is 250 g/mol. The third kappa shape index (κ3) is 3.73. The van der Waals surface area contributed by atoms with Crippen molar-refractivity contribution in [2.24, 2.45) is 5.73 Å². The quantitative estimate of drug-likeness (QED) is 0.863. The van der Waals surface area contributed by atoms with Crippen LogP contribution in [0.25, 0.3) is 0 Å². The fourth-order valence-electron chi connectivity index (χ4n) is 2.14. The predicted molar refractivity (Wildman–Crippen MR) is 70.8 cm³/mol. The zero-order valence-corrected chi connectivity index (χ0v) is 11.3. The standard InChI is InChI=1S/C14H20F2N2O/c1-3-11(4-2)18(8-7-17)14(19)12-6-5-10(15)9-13(12)16/h5-6,9,11H,3-4,7-8,17H2,1-2H3. The van der Waals surface area contributed by atoms with E-state index >= 15 is 0 Å². The Hall–Kier alpha value is -1.49. The van der Waals surface area contributed by atoms with Crippen molar-refractivity contribution in [2.75, 3.05) is 13.1 Å². The Morgan fingerprint density at radius 3 is 2.42 bits per heavy atom. The molecule has 0 aliphatic heterocycles. The van der Waals surface area contributed by atoms with Gasteiger partial charge < -0.3 is 10.6 Å². The highest BCUT2D eigenvalue weighted by Crippen LogP contribution is 2.16. The van der Waals surface area contributed by atoms with Crippen LogP contribution in [0.1, 0.15) is 37.0 Å². The molecule has 3 nitrogen and oxygen atoms in total. The number of benzene rings is 1. The highest BCUT2D eigenvalue weighted by molar-refractivity contribution is 5.94. The van der Waals surface area contributed by atoms with E-state index in [1.807, 2.05) is 13.8 Å². The van der Waals surface area contributed by atoms with Gasteiger partial charge in [0.2, 0.25) is 0 Å². The lowest BCUT2D eigenvalue weighted by Crippen LogP contribution is -2.43. The Morgan fingerprint density at radius 1 is 1.32 bits per heavy atom. The van der Waals surface area contributed by atoms with Crippen LogP contribution in [0.4, 0.5) is 8.78 Å². The second-order valence-electron chi connectivity index (χ2n) is 4.38. The van der Waals surface area contributed by atoms with Gasteiger partial charge >= 0.3 is 0 Å². The van der Waals surface area contributed by atoms with Crippen LogP contribution in [0.15, 0.2) is 18.2 Å². The van der Waals surface area contributed by atoms with Gasteiger partial charge in [-0.2, -0.15) is 0 Å². The van der Waals surface area contributed by atoms with Crippen LogP contribution in [-0.2, 0) is 0 Å². The van der Waals surface area contributed by atoms with Crippen LogP contribution >= 0.6 is 0 Å². The maximum absolute atomic E-state index is 13.7. The summed E-state index contributed by atoms with van der Waals surface area (Å²) >= 11 is 0. The molecule has 1 aromatic rings. The second kappa shape index (κ2) is 7.19. The molecule has 0 atom stereocenters. The first-order chi connectivity index (χ1) is 9.04. The molecule has 0 aliphatic rings. The van der Waals surface area contributed by atoms with Gasteiger partial charge in [-0.25, -0.2) is 8.78 Å². The summed E-state index contributed by atoms with van der Waals surface area (Å²) < 4.78 is 26.5. The van der Waals surface area contributed by atoms with Crippen LogP contribution in [0.2, 0.25) is 0 Å². The van der Waals surface area contributed by atoms with E-state index in [9.17, 15) is 13.6 Å². The van der Waals surface area contributed by atoms with Crippen molar-refractivity contribution in [1.29, 1.82) is 0 Å². The highest BCUT2D eigenvalue weighted by Gasteiger charge is 2.24. The summed E-state index contributed by atoms with van der Waals surface area (Å²) in [6.45, 7) is 4.60. The van der Waals surface area contributed by atoms with Crippen molar-refractivity contribution in [3.05, 3.63) is 35.4 Å². The molecule has 0 heterocycles. The van der Waals surface area contributed by atoms with Gasteiger partial charge in [-0.05, 0) is 25.0 Å². The first-order valence-corrected chi connectivity index (χ1v) is 6.51. The molecule has 5 heteroatoms. The number of rotatable bonds is 6. The molecular formula is C14H20F2N2O. The Labute approximate surface area is 112 Å². The topological polar surface area (TPSA) is 46.3 Å². The SMILES string of the molecule is CCC(CC)N(CCN)C(=O)c1ccc(F)cc1F. The number of nitrogens with two attached hydrogens (primary N) is 1. The number of carbonyl (C=O) groups excluding carboxylic acids is 1. The smallest absolute Gasteiger partial charge is 0.257 e. The highest BCUT2D eigenvalue weighted by atomic mass is 19.1. The number of hydrogen-bond acceptors (Lipinski definition) is 2. The Balaban J connectivity index is 3.04.